The van der Waals surface area contributed by atoms with Crippen LogP contribution < -0.4 is 19.5 Å². The number of rotatable bonds is 6. The van der Waals surface area contributed by atoms with Crippen molar-refractivity contribution in [1.82, 2.24) is 10.2 Å². The van der Waals surface area contributed by atoms with E-state index in [2.05, 4.69) is 10.1 Å². The second-order valence-electron chi connectivity index (χ2n) is 10.4. The molecule has 1 amide bonds. The van der Waals surface area contributed by atoms with Crippen molar-refractivity contribution in [2.75, 3.05) is 20.2 Å². The summed E-state index contributed by atoms with van der Waals surface area (Å²) in [5, 5.41) is 2.57. The van der Waals surface area contributed by atoms with Gasteiger partial charge in [0.15, 0.2) is 17.2 Å². The summed E-state index contributed by atoms with van der Waals surface area (Å²) < 4.78 is 101. The van der Waals surface area contributed by atoms with E-state index in [0.29, 0.717) is 18.7 Å². The number of hydrogen-bond donors (Lipinski definition) is 1. The number of nitrogens with one attached hydrogen (secondary N) is 1. The highest BCUT2D eigenvalue weighted by Gasteiger charge is 2.52. The van der Waals surface area contributed by atoms with Gasteiger partial charge in [0.2, 0.25) is 0 Å². The van der Waals surface area contributed by atoms with Crippen molar-refractivity contribution >= 4 is 17.8 Å². The monoisotopic (exact) mass is 602 g/mol. The number of amides is 1. The molecule has 0 aromatic heterocycles. The van der Waals surface area contributed by atoms with Crippen molar-refractivity contribution in [2.24, 2.45) is 0 Å². The van der Waals surface area contributed by atoms with Crippen LogP contribution in [-0.2, 0) is 21.9 Å². The van der Waals surface area contributed by atoms with Gasteiger partial charge in [-0.2, -0.15) is 26.3 Å². The second kappa shape index (κ2) is 11.5. The van der Waals surface area contributed by atoms with Crippen LogP contribution in [0.4, 0.5) is 26.3 Å². The summed E-state index contributed by atoms with van der Waals surface area (Å²) in [5.74, 6) is -9.19. The van der Waals surface area contributed by atoms with Crippen LogP contribution in [0.2, 0.25) is 0 Å². The smallest absolute Gasteiger partial charge is 0.423 e. The number of halogens is 6. The minimum atomic E-state index is -5.65. The summed E-state index contributed by atoms with van der Waals surface area (Å²) in [7, 11) is 0.734. The lowest BCUT2D eigenvalue weighted by atomic mass is 9.86. The van der Waals surface area contributed by atoms with Gasteiger partial charge in [-0.15, -0.1) is 0 Å². The van der Waals surface area contributed by atoms with Gasteiger partial charge >= 0.3 is 24.3 Å². The van der Waals surface area contributed by atoms with E-state index in [0.717, 1.165) is 20.0 Å². The van der Waals surface area contributed by atoms with Crippen molar-refractivity contribution in [3.63, 3.8) is 0 Å². The third kappa shape index (κ3) is 6.03. The number of hydrogen-bond acceptors (Lipinski definition) is 7. The average Bonchev–Trinajstić information content (AvgIpc) is 3.45. The molecule has 1 saturated heterocycles. The van der Waals surface area contributed by atoms with E-state index in [1.807, 2.05) is 4.90 Å². The summed E-state index contributed by atoms with van der Waals surface area (Å²) in [6.45, 7) is 4.86. The van der Waals surface area contributed by atoms with Gasteiger partial charge in [-0.05, 0) is 45.3 Å². The maximum atomic E-state index is 14.7. The van der Waals surface area contributed by atoms with E-state index in [1.54, 1.807) is 44.2 Å². The Bertz CT molecular complexity index is 1370. The Morgan fingerprint density at radius 1 is 0.881 bits per heavy atom. The molecular weight excluding hydrogens is 574 g/mol. The Hall–Kier alpha value is -3.81. The molecule has 2 heterocycles. The number of fused-ring (bicyclic) bond motifs is 2. The van der Waals surface area contributed by atoms with Gasteiger partial charge in [0, 0.05) is 5.54 Å². The largest absolute Gasteiger partial charge is 0.492 e. The molecule has 0 unspecified atom stereocenters. The van der Waals surface area contributed by atoms with Crippen LogP contribution >= 0.6 is 0 Å². The molecule has 0 aliphatic carbocycles. The van der Waals surface area contributed by atoms with Gasteiger partial charge in [0.25, 0.3) is 5.91 Å². The van der Waals surface area contributed by atoms with Gasteiger partial charge in [0.1, 0.15) is 16.7 Å². The lowest BCUT2D eigenvalue weighted by Gasteiger charge is -2.43. The van der Waals surface area contributed by atoms with Crippen LogP contribution in [-0.4, -0.2) is 48.5 Å². The number of carbonyl (C=O) groups excluding carboxylic acids is 3. The topological polar surface area (TPSA) is 94.2 Å². The van der Waals surface area contributed by atoms with Crippen LogP contribution in [0.25, 0.3) is 0 Å². The Morgan fingerprint density at radius 2 is 1.40 bits per heavy atom. The number of carbonyl (C=O) groups is 3. The van der Waals surface area contributed by atoms with E-state index >= 15 is 0 Å². The zero-order chi connectivity index (χ0) is 31.0. The summed E-state index contributed by atoms with van der Waals surface area (Å²) in [6.07, 6.45) is -11.2. The molecule has 1 atom stereocenters. The summed E-state index contributed by atoms with van der Waals surface area (Å²) >= 11 is 0. The number of esters is 2. The normalized spacial score (nSPS) is 17.5. The third-order valence-corrected chi connectivity index (χ3v) is 7.36. The van der Waals surface area contributed by atoms with E-state index in [1.165, 1.54) is 0 Å². The quantitative estimate of drug-likeness (QED) is 0.258. The fraction of sp³-hybridized carbons (Fsp3) is 0.464. The molecule has 0 radical (unpaired) electrons. The molecule has 0 spiro atoms. The number of benzene rings is 2. The molecule has 2 aromatic rings. The molecule has 1 fully saturated rings. The first-order chi connectivity index (χ1) is 19.6. The van der Waals surface area contributed by atoms with Crippen LogP contribution in [0, 0.1) is 0 Å². The van der Waals surface area contributed by atoms with Crippen LogP contribution in [0.1, 0.15) is 72.6 Å². The van der Waals surface area contributed by atoms with E-state index in [4.69, 9.17) is 9.47 Å². The molecule has 2 aliphatic rings. The van der Waals surface area contributed by atoms with Crippen LogP contribution in [0.5, 0.6) is 17.2 Å². The maximum Gasteiger partial charge on any atom is 0.423 e. The van der Waals surface area contributed by atoms with Crippen molar-refractivity contribution in [1.29, 1.82) is 0 Å². The molecule has 228 valence electrons. The zero-order valence-electron chi connectivity index (χ0n) is 22.9. The molecule has 1 N–H and O–H groups in total. The van der Waals surface area contributed by atoms with E-state index in [9.17, 15) is 40.7 Å². The van der Waals surface area contributed by atoms with E-state index < -0.39 is 88.6 Å². The minimum absolute atomic E-state index is 0.512. The highest BCUT2D eigenvalue weighted by molar-refractivity contribution is 6.02. The Balaban J connectivity index is 2.01. The first-order valence-corrected chi connectivity index (χ1v) is 13.0. The van der Waals surface area contributed by atoms with Gasteiger partial charge in [-0.25, -0.2) is 0 Å². The number of nitrogens with zero attached hydrogens (tertiary/aromatic N) is 1. The molecule has 2 aromatic carbocycles. The van der Waals surface area contributed by atoms with Crippen LogP contribution in [0.15, 0.2) is 30.3 Å². The number of alkyl halides is 6. The standard InChI is InChI=1S/C28H28F6N2O6/c1-26(2,36-13-7-8-14-36)24(15-9-5-4-6-10-15)35-25(39)18-19(27(29,30)31)22-20(28(32,33)34)23(21(18)40-3)42-17(38)12-11-16(37)41-22/h4-6,9-10,24H,7-8,11-14H2,1-3H3,(H,35,39)/t24-/m1/s1. The number of ether oxygens (including phenoxy) is 3. The van der Waals surface area contributed by atoms with Crippen molar-refractivity contribution in [2.45, 2.75) is 63.5 Å². The molecule has 0 saturated carbocycles. The lowest BCUT2D eigenvalue weighted by Crippen LogP contribution is -2.53. The van der Waals surface area contributed by atoms with Gasteiger partial charge in [0.05, 0.1) is 26.0 Å². The number of methoxy groups -OCH3 is 1. The van der Waals surface area contributed by atoms with Gasteiger partial charge in [-0.3, -0.25) is 19.3 Å². The Morgan fingerprint density at radius 3 is 1.90 bits per heavy atom. The summed E-state index contributed by atoms with van der Waals surface area (Å²) in [4.78, 5) is 40.5. The first-order valence-electron chi connectivity index (χ1n) is 13.0. The SMILES string of the molecule is COc1c2c(C(F)(F)F)c(c(C(F)(F)F)c1C(=O)N[C@H](c1ccccc1)C(C)(C)N1CCCC1)OC(=O)CCC(=O)O2. The molecule has 4 rings (SSSR count). The number of likely N-dealkylation sites (tertiary alicyclic amines) is 1. The summed E-state index contributed by atoms with van der Waals surface area (Å²) in [6, 6.07) is 7.37. The minimum Gasteiger partial charge on any atom is -0.492 e. The molecule has 2 aliphatic heterocycles. The van der Waals surface area contributed by atoms with Crippen molar-refractivity contribution in [3.8, 4) is 17.2 Å². The van der Waals surface area contributed by atoms with E-state index in [-0.39, 0.29) is 0 Å². The molecule has 42 heavy (non-hydrogen) atoms. The fourth-order valence-electron chi connectivity index (χ4n) is 5.35. The molecule has 14 heteroatoms. The molecule has 2 bridgehead atoms. The molecular formula is C28H28F6N2O6. The predicted octanol–water partition coefficient (Wildman–Crippen LogP) is 5.68. The third-order valence-electron chi connectivity index (χ3n) is 7.36. The predicted molar refractivity (Wildman–Crippen MR) is 135 cm³/mol. The first kappa shape index (κ1) is 31.1. The highest BCUT2D eigenvalue weighted by Crippen LogP contribution is 2.55. The lowest BCUT2D eigenvalue weighted by molar-refractivity contribution is -0.149. The Kier molecular flexibility index (Phi) is 8.50. The van der Waals surface area contributed by atoms with Crippen molar-refractivity contribution < 1.29 is 54.9 Å². The maximum absolute atomic E-state index is 14.7. The van der Waals surface area contributed by atoms with Crippen LogP contribution in [0.3, 0.4) is 0 Å². The van der Waals surface area contributed by atoms with Crippen molar-refractivity contribution in [3.05, 3.63) is 52.6 Å². The average molecular weight is 603 g/mol. The second-order valence-corrected chi connectivity index (χ2v) is 10.4. The van der Waals surface area contributed by atoms with Gasteiger partial charge < -0.3 is 19.5 Å². The Labute approximate surface area is 236 Å². The fourth-order valence-corrected chi connectivity index (χ4v) is 5.35. The highest BCUT2D eigenvalue weighted by atomic mass is 19.4. The molecule has 8 nitrogen and oxygen atoms in total. The summed E-state index contributed by atoms with van der Waals surface area (Å²) in [5.41, 5.74) is -6.19. The zero-order valence-corrected chi connectivity index (χ0v) is 22.9. The van der Waals surface area contributed by atoms with Gasteiger partial charge in [-0.1, -0.05) is 30.3 Å².